The molecule has 0 radical (unpaired) electrons. The Morgan fingerprint density at radius 3 is 2.76 bits per heavy atom. The van der Waals surface area contributed by atoms with E-state index in [0.29, 0.717) is 43.8 Å². The minimum Gasteiger partial charge on any atom is -0.369 e. The van der Waals surface area contributed by atoms with Gasteiger partial charge in [-0.15, -0.1) is 11.3 Å². The number of aromatic nitrogens is 2. The van der Waals surface area contributed by atoms with Gasteiger partial charge in [-0.25, -0.2) is 9.97 Å². The van der Waals surface area contributed by atoms with Gasteiger partial charge in [0.25, 0.3) is 0 Å². The van der Waals surface area contributed by atoms with E-state index in [2.05, 4.69) is 15.3 Å². The van der Waals surface area contributed by atoms with Crippen LogP contribution in [0.1, 0.15) is 37.1 Å². The number of rotatable bonds is 5. The number of carbonyl (C=O) groups excluding carboxylic acids is 1. The third-order valence-corrected chi connectivity index (χ3v) is 8.32. The van der Waals surface area contributed by atoms with E-state index < -0.39 is 18.1 Å². The molecule has 0 spiro atoms. The van der Waals surface area contributed by atoms with E-state index in [1.807, 2.05) is 13.8 Å². The fourth-order valence-corrected chi connectivity index (χ4v) is 6.73. The number of nitrogens with one attached hydrogen (secondary N) is 1. The van der Waals surface area contributed by atoms with Gasteiger partial charge < -0.3 is 15.0 Å². The minimum atomic E-state index is -4.47. The Kier molecular flexibility index (Phi) is 7.17. The Bertz CT molecular complexity index is 1350. The molecule has 198 valence electrons. The van der Waals surface area contributed by atoms with Gasteiger partial charge in [-0.1, -0.05) is 23.2 Å². The van der Waals surface area contributed by atoms with Gasteiger partial charge in [0, 0.05) is 46.4 Å². The number of carbonyl (C=O) groups is 1. The van der Waals surface area contributed by atoms with Crippen molar-refractivity contribution in [1.82, 2.24) is 20.2 Å². The largest absolute Gasteiger partial charge is 0.408 e. The van der Waals surface area contributed by atoms with Crippen molar-refractivity contribution in [3.8, 4) is 11.3 Å². The standard InChI is InChI=1S/C25H25Cl2F3N4O2S/c1-24(2)11-31-9-14(36-24)7-16-17(5-13(26)6-18(16)27)22-23-19(32-12-33-22)8-15(37-23)10-34-20(25(28,29)30)3-4-21(34)35/h5-6,8,12,14,20,31H,3-4,7,9-11H2,1-2H3/t14-,20-/m1/s1. The molecular formula is C25H25Cl2F3N4O2S. The summed E-state index contributed by atoms with van der Waals surface area (Å²) in [4.78, 5) is 22.6. The molecule has 0 saturated carbocycles. The number of morpholine rings is 1. The number of halogens is 5. The zero-order chi connectivity index (χ0) is 26.5. The molecule has 2 aliphatic heterocycles. The molecule has 2 atom stereocenters. The van der Waals surface area contributed by atoms with Crippen molar-refractivity contribution >= 4 is 50.7 Å². The van der Waals surface area contributed by atoms with E-state index in [1.54, 1.807) is 18.2 Å². The second kappa shape index (κ2) is 9.96. The fourth-order valence-electron chi connectivity index (χ4n) is 5.05. The Morgan fingerprint density at radius 2 is 2.03 bits per heavy atom. The molecule has 2 fully saturated rings. The maximum atomic E-state index is 13.5. The van der Waals surface area contributed by atoms with Crippen LogP contribution in [0.25, 0.3) is 21.5 Å². The van der Waals surface area contributed by atoms with E-state index in [0.717, 1.165) is 22.6 Å². The van der Waals surface area contributed by atoms with Crippen LogP contribution < -0.4 is 5.32 Å². The summed E-state index contributed by atoms with van der Waals surface area (Å²) in [5, 5.41) is 4.31. The van der Waals surface area contributed by atoms with Crippen LogP contribution in [0.2, 0.25) is 10.0 Å². The highest BCUT2D eigenvalue weighted by Crippen LogP contribution is 2.40. The lowest BCUT2D eigenvalue weighted by Crippen LogP contribution is -2.51. The molecule has 0 aliphatic carbocycles. The van der Waals surface area contributed by atoms with Crippen molar-refractivity contribution in [3.63, 3.8) is 0 Å². The third kappa shape index (κ3) is 5.59. The Balaban J connectivity index is 1.51. The highest BCUT2D eigenvalue weighted by atomic mass is 35.5. The Morgan fingerprint density at radius 1 is 1.24 bits per heavy atom. The summed E-state index contributed by atoms with van der Waals surface area (Å²) in [6.45, 7) is 5.31. The number of thiophene rings is 1. The summed E-state index contributed by atoms with van der Waals surface area (Å²) in [6, 6.07) is 3.40. The first-order valence-corrected chi connectivity index (χ1v) is 13.4. The lowest BCUT2D eigenvalue weighted by molar-refractivity contribution is -0.181. The summed E-state index contributed by atoms with van der Waals surface area (Å²) in [5.41, 5.74) is 2.38. The van der Waals surface area contributed by atoms with Gasteiger partial charge in [-0.3, -0.25) is 4.79 Å². The van der Waals surface area contributed by atoms with Crippen LogP contribution >= 0.6 is 34.5 Å². The van der Waals surface area contributed by atoms with Crippen molar-refractivity contribution in [3.05, 3.63) is 45.0 Å². The van der Waals surface area contributed by atoms with Gasteiger partial charge in [0.2, 0.25) is 5.91 Å². The molecule has 1 amide bonds. The van der Waals surface area contributed by atoms with Gasteiger partial charge >= 0.3 is 6.18 Å². The van der Waals surface area contributed by atoms with Gasteiger partial charge in [-0.2, -0.15) is 13.2 Å². The molecule has 12 heteroatoms. The Hall–Kier alpha value is -1.98. The summed E-state index contributed by atoms with van der Waals surface area (Å²) >= 11 is 14.3. The average Bonchev–Trinajstić information content (AvgIpc) is 3.38. The van der Waals surface area contributed by atoms with Crippen LogP contribution in [0.15, 0.2) is 24.5 Å². The van der Waals surface area contributed by atoms with E-state index in [1.165, 1.54) is 17.7 Å². The number of alkyl halides is 3. The molecule has 2 saturated heterocycles. The second-order valence-corrected chi connectivity index (χ2v) is 12.0. The van der Waals surface area contributed by atoms with E-state index in [9.17, 15) is 18.0 Å². The maximum absolute atomic E-state index is 13.5. The molecule has 4 heterocycles. The van der Waals surface area contributed by atoms with Crippen LogP contribution in [0.4, 0.5) is 13.2 Å². The van der Waals surface area contributed by atoms with Crippen molar-refractivity contribution in [1.29, 1.82) is 0 Å². The summed E-state index contributed by atoms with van der Waals surface area (Å²) in [7, 11) is 0. The van der Waals surface area contributed by atoms with Crippen molar-refractivity contribution in [2.45, 2.75) is 63.6 Å². The SMILES string of the molecule is CC1(C)CNC[C@@H](Cc2c(Cl)cc(Cl)cc2-c2ncnc3cc(CN4C(=O)CC[C@@H]4C(F)(F)F)sc23)O1. The van der Waals surface area contributed by atoms with Crippen LogP contribution in [0.3, 0.4) is 0 Å². The van der Waals surface area contributed by atoms with Gasteiger partial charge in [0.15, 0.2) is 0 Å². The monoisotopic (exact) mass is 572 g/mol. The summed E-state index contributed by atoms with van der Waals surface area (Å²) in [5.74, 6) is -0.501. The second-order valence-electron chi connectivity index (χ2n) is 10.0. The van der Waals surface area contributed by atoms with E-state index in [4.69, 9.17) is 27.9 Å². The number of hydrogen-bond acceptors (Lipinski definition) is 6. The van der Waals surface area contributed by atoms with Crippen molar-refractivity contribution in [2.24, 2.45) is 0 Å². The van der Waals surface area contributed by atoms with Crippen LogP contribution in [-0.4, -0.2) is 57.8 Å². The van der Waals surface area contributed by atoms with Crippen LogP contribution in [0.5, 0.6) is 0 Å². The van der Waals surface area contributed by atoms with Gasteiger partial charge in [0.05, 0.1) is 34.2 Å². The highest BCUT2D eigenvalue weighted by molar-refractivity contribution is 7.19. The molecule has 1 aromatic carbocycles. The first-order valence-electron chi connectivity index (χ1n) is 11.9. The Labute approximate surface area is 226 Å². The highest BCUT2D eigenvalue weighted by Gasteiger charge is 2.49. The summed E-state index contributed by atoms with van der Waals surface area (Å²) < 4.78 is 47.4. The number of fused-ring (bicyclic) bond motifs is 1. The van der Waals surface area contributed by atoms with E-state index >= 15 is 0 Å². The first kappa shape index (κ1) is 26.6. The molecule has 3 aromatic rings. The normalized spacial score (nSPS) is 22.2. The fraction of sp³-hybridized carbons (Fsp3) is 0.480. The topological polar surface area (TPSA) is 67.4 Å². The average molecular weight is 573 g/mol. The molecule has 6 nitrogen and oxygen atoms in total. The predicted octanol–water partition coefficient (Wildman–Crippen LogP) is 6.03. The molecule has 1 N–H and O–H groups in total. The number of likely N-dealkylation sites (tertiary alicyclic amines) is 1. The number of nitrogens with zero attached hydrogens (tertiary/aromatic N) is 3. The first-order chi connectivity index (χ1) is 17.4. The summed E-state index contributed by atoms with van der Waals surface area (Å²) in [6.07, 6.45) is -3.01. The number of amides is 1. The molecule has 5 rings (SSSR count). The lowest BCUT2D eigenvalue weighted by Gasteiger charge is -2.37. The molecule has 2 aromatic heterocycles. The van der Waals surface area contributed by atoms with Crippen LogP contribution in [-0.2, 0) is 22.5 Å². The van der Waals surface area contributed by atoms with E-state index in [-0.39, 0.29) is 31.1 Å². The van der Waals surface area contributed by atoms with Crippen molar-refractivity contribution < 1.29 is 22.7 Å². The molecule has 0 bridgehead atoms. The predicted molar refractivity (Wildman–Crippen MR) is 138 cm³/mol. The quantitative estimate of drug-likeness (QED) is 0.404. The minimum absolute atomic E-state index is 0.112. The molecule has 37 heavy (non-hydrogen) atoms. The third-order valence-electron chi connectivity index (χ3n) is 6.65. The van der Waals surface area contributed by atoms with Crippen LogP contribution in [0, 0.1) is 0 Å². The molecule has 2 aliphatic rings. The lowest BCUT2D eigenvalue weighted by atomic mass is 9.96. The maximum Gasteiger partial charge on any atom is 0.408 e. The van der Waals surface area contributed by atoms with Gasteiger partial charge in [-0.05, 0) is 44.0 Å². The number of ether oxygens (including phenoxy) is 1. The van der Waals surface area contributed by atoms with Gasteiger partial charge in [0.1, 0.15) is 12.4 Å². The smallest absolute Gasteiger partial charge is 0.369 e. The van der Waals surface area contributed by atoms with Crippen molar-refractivity contribution in [2.75, 3.05) is 13.1 Å². The molecule has 0 unspecified atom stereocenters. The number of hydrogen-bond donors (Lipinski definition) is 1. The number of benzene rings is 1. The zero-order valence-corrected chi connectivity index (χ0v) is 22.5. The zero-order valence-electron chi connectivity index (χ0n) is 20.2. The molecular weight excluding hydrogens is 548 g/mol.